The zero-order chi connectivity index (χ0) is 15.6. The number of hydrogen-bond acceptors (Lipinski definition) is 5. The van der Waals surface area contributed by atoms with Crippen LogP contribution in [0.1, 0.15) is 50.1 Å². The number of amides is 2. The first-order chi connectivity index (χ1) is 9.99. The summed E-state index contributed by atoms with van der Waals surface area (Å²) in [6.45, 7) is 8.20. The van der Waals surface area contributed by atoms with Crippen LogP contribution in [0, 0.1) is 13.8 Å². The average molecular weight is 293 g/mol. The lowest BCUT2D eigenvalue weighted by molar-refractivity contribution is -0.141. The van der Waals surface area contributed by atoms with Gasteiger partial charge < -0.3 is 9.84 Å². The van der Waals surface area contributed by atoms with Crippen molar-refractivity contribution in [3.8, 4) is 0 Å². The van der Waals surface area contributed by atoms with Gasteiger partial charge in [-0.3, -0.25) is 14.5 Å². The molecule has 0 spiro atoms. The molecule has 1 aromatic rings. The van der Waals surface area contributed by atoms with Crippen LogP contribution in [0.25, 0.3) is 0 Å². The molecule has 1 aliphatic rings. The molecule has 116 valence electrons. The quantitative estimate of drug-likeness (QED) is 0.808. The first-order valence-electron chi connectivity index (χ1n) is 7.50. The molecule has 6 heteroatoms. The summed E-state index contributed by atoms with van der Waals surface area (Å²) in [6, 6.07) is -0.428. The number of imide groups is 1. The van der Waals surface area contributed by atoms with Crippen LogP contribution in [-0.4, -0.2) is 34.0 Å². The average Bonchev–Trinajstić information content (AvgIpc) is 2.92. The molecule has 1 N–H and O–H groups in total. The first-order valence-corrected chi connectivity index (χ1v) is 7.50. The van der Waals surface area contributed by atoms with Crippen molar-refractivity contribution in [1.29, 1.82) is 0 Å². The minimum atomic E-state index is -0.438. The van der Waals surface area contributed by atoms with E-state index in [2.05, 4.69) is 10.5 Å². The normalized spacial score (nSPS) is 19.1. The van der Waals surface area contributed by atoms with Gasteiger partial charge in [-0.15, -0.1) is 0 Å². The molecule has 1 fully saturated rings. The zero-order valence-electron chi connectivity index (χ0n) is 13.1. The van der Waals surface area contributed by atoms with E-state index in [0.29, 0.717) is 6.54 Å². The Kier molecular flexibility index (Phi) is 4.77. The molecular formula is C15H23N3O3. The fourth-order valence-electron chi connectivity index (χ4n) is 2.83. The van der Waals surface area contributed by atoms with Gasteiger partial charge in [0.15, 0.2) is 0 Å². The van der Waals surface area contributed by atoms with Gasteiger partial charge in [-0.25, -0.2) is 0 Å². The Morgan fingerprint density at radius 3 is 2.52 bits per heavy atom. The minimum Gasteiger partial charge on any atom is -0.361 e. The Bertz CT molecular complexity index is 515. The van der Waals surface area contributed by atoms with Crippen LogP contribution in [0.15, 0.2) is 4.52 Å². The third-order valence-electron chi connectivity index (χ3n) is 4.20. The SMILES string of the molecule is CCC(CC)N1C(=O)CC(NCc2c(C)noc2C)C1=O. The van der Waals surface area contributed by atoms with Crippen LogP contribution in [-0.2, 0) is 16.1 Å². The lowest BCUT2D eigenvalue weighted by Gasteiger charge is -2.24. The summed E-state index contributed by atoms with van der Waals surface area (Å²) >= 11 is 0. The number of aryl methyl sites for hydroxylation is 2. The van der Waals surface area contributed by atoms with E-state index in [0.717, 1.165) is 29.9 Å². The summed E-state index contributed by atoms with van der Waals surface area (Å²) in [5.74, 6) is 0.555. The van der Waals surface area contributed by atoms with Gasteiger partial charge in [0.2, 0.25) is 11.8 Å². The maximum absolute atomic E-state index is 12.4. The predicted molar refractivity (Wildman–Crippen MR) is 77.4 cm³/mol. The van der Waals surface area contributed by atoms with Gasteiger partial charge in [-0.05, 0) is 26.7 Å². The van der Waals surface area contributed by atoms with Gasteiger partial charge in [0.25, 0.3) is 0 Å². The highest BCUT2D eigenvalue weighted by atomic mass is 16.5. The molecular weight excluding hydrogens is 270 g/mol. The van der Waals surface area contributed by atoms with E-state index in [4.69, 9.17) is 4.52 Å². The number of aromatic nitrogens is 1. The van der Waals surface area contributed by atoms with Crippen LogP contribution >= 0.6 is 0 Å². The van der Waals surface area contributed by atoms with E-state index in [-0.39, 0.29) is 24.3 Å². The molecule has 2 rings (SSSR count). The van der Waals surface area contributed by atoms with E-state index in [9.17, 15) is 9.59 Å². The molecule has 1 atom stereocenters. The smallest absolute Gasteiger partial charge is 0.247 e. The van der Waals surface area contributed by atoms with Gasteiger partial charge in [0, 0.05) is 18.2 Å². The molecule has 2 heterocycles. The van der Waals surface area contributed by atoms with Crippen molar-refractivity contribution in [2.75, 3.05) is 0 Å². The number of carbonyl (C=O) groups is 2. The lowest BCUT2D eigenvalue weighted by atomic mass is 10.1. The molecule has 0 aliphatic carbocycles. The summed E-state index contributed by atoms with van der Waals surface area (Å²) < 4.78 is 5.10. The lowest BCUT2D eigenvalue weighted by Crippen LogP contribution is -2.43. The van der Waals surface area contributed by atoms with Gasteiger partial charge in [-0.2, -0.15) is 0 Å². The maximum atomic E-state index is 12.4. The summed E-state index contributed by atoms with van der Waals surface area (Å²) in [5, 5.41) is 7.05. The first kappa shape index (κ1) is 15.7. The van der Waals surface area contributed by atoms with Crippen molar-refractivity contribution in [2.24, 2.45) is 0 Å². The van der Waals surface area contributed by atoms with Crippen molar-refractivity contribution < 1.29 is 14.1 Å². The van der Waals surface area contributed by atoms with Gasteiger partial charge in [0.05, 0.1) is 18.2 Å². The summed E-state index contributed by atoms with van der Waals surface area (Å²) in [6.07, 6.45) is 1.83. The molecule has 1 aliphatic heterocycles. The number of nitrogens with zero attached hydrogens (tertiary/aromatic N) is 2. The Balaban J connectivity index is 2.03. The van der Waals surface area contributed by atoms with Crippen molar-refractivity contribution in [3.05, 3.63) is 17.0 Å². The highest BCUT2D eigenvalue weighted by molar-refractivity contribution is 6.05. The van der Waals surface area contributed by atoms with E-state index >= 15 is 0 Å². The Morgan fingerprint density at radius 2 is 2.00 bits per heavy atom. The Labute approximate surface area is 124 Å². The molecule has 0 aromatic carbocycles. The highest BCUT2D eigenvalue weighted by Gasteiger charge is 2.41. The second-order valence-corrected chi connectivity index (χ2v) is 5.51. The fraction of sp³-hybridized carbons (Fsp3) is 0.667. The summed E-state index contributed by atoms with van der Waals surface area (Å²) in [7, 11) is 0. The van der Waals surface area contributed by atoms with Gasteiger partial charge >= 0.3 is 0 Å². The number of carbonyl (C=O) groups excluding carboxylic acids is 2. The topological polar surface area (TPSA) is 75.4 Å². The van der Waals surface area contributed by atoms with Crippen molar-refractivity contribution in [2.45, 2.75) is 65.6 Å². The van der Waals surface area contributed by atoms with Crippen molar-refractivity contribution in [3.63, 3.8) is 0 Å². The van der Waals surface area contributed by atoms with E-state index in [1.165, 1.54) is 4.90 Å². The van der Waals surface area contributed by atoms with E-state index in [1.54, 1.807) is 0 Å². The zero-order valence-corrected chi connectivity index (χ0v) is 13.1. The second kappa shape index (κ2) is 6.39. The van der Waals surface area contributed by atoms with Crippen molar-refractivity contribution >= 4 is 11.8 Å². The van der Waals surface area contributed by atoms with Crippen molar-refractivity contribution in [1.82, 2.24) is 15.4 Å². The number of rotatable bonds is 6. The fourth-order valence-corrected chi connectivity index (χ4v) is 2.83. The number of hydrogen-bond donors (Lipinski definition) is 1. The largest absolute Gasteiger partial charge is 0.361 e. The highest BCUT2D eigenvalue weighted by Crippen LogP contribution is 2.21. The molecule has 0 bridgehead atoms. The number of nitrogens with one attached hydrogen (secondary N) is 1. The van der Waals surface area contributed by atoms with Crippen LogP contribution in [0.4, 0.5) is 0 Å². The molecule has 1 unspecified atom stereocenters. The van der Waals surface area contributed by atoms with Crippen LogP contribution in [0.3, 0.4) is 0 Å². The van der Waals surface area contributed by atoms with Crippen LogP contribution in [0.5, 0.6) is 0 Å². The second-order valence-electron chi connectivity index (χ2n) is 5.51. The third kappa shape index (κ3) is 3.00. The summed E-state index contributed by atoms with van der Waals surface area (Å²) in [4.78, 5) is 25.9. The molecule has 1 aromatic heterocycles. The standard InChI is InChI=1S/C15H23N3O3/c1-5-11(6-2)18-14(19)7-13(15(18)20)16-8-12-9(3)17-21-10(12)4/h11,13,16H,5-8H2,1-4H3. The van der Waals surface area contributed by atoms with E-state index in [1.807, 2.05) is 27.7 Å². The maximum Gasteiger partial charge on any atom is 0.247 e. The van der Waals surface area contributed by atoms with Crippen LogP contribution < -0.4 is 5.32 Å². The van der Waals surface area contributed by atoms with E-state index < -0.39 is 6.04 Å². The number of likely N-dealkylation sites (tertiary alicyclic amines) is 1. The van der Waals surface area contributed by atoms with Gasteiger partial charge in [0.1, 0.15) is 5.76 Å². The molecule has 1 saturated heterocycles. The van der Waals surface area contributed by atoms with Crippen LogP contribution in [0.2, 0.25) is 0 Å². The molecule has 2 amide bonds. The molecule has 21 heavy (non-hydrogen) atoms. The molecule has 0 saturated carbocycles. The van der Waals surface area contributed by atoms with Gasteiger partial charge in [-0.1, -0.05) is 19.0 Å². The summed E-state index contributed by atoms with van der Waals surface area (Å²) in [5.41, 5.74) is 1.77. The predicted octanol–water partition coefficient (Wildman–Crippen LogP) is 1.70. The third-order valence-corrected chi connectivity index (χ3v) is 4.20. The monoisotopic (exact) mass is 293 g/mol. The minimum absolute atomic E-state index is 0.0101. The Morgan fingerprint density at radius 1 is 1.33 bits per heavy atom. The molecule has 6 nitrogen and oxygen atoms in total. The molecule has 0 radical (unpaired) electrons. The Hall–Kier alpha value is -1.69.